The van der Waals surface area contributed by atoms with E-state index in [2.05, 4.69) is 20.6 Å². The zero-order valence-electron chi connectivity index (χ0n) is 11.0. The summed E-state index contributed by atoms with van der Waals surface area (Å²) in [4.78, 5) is 29.4. The Kier molecular flexibility index (Phi) is 4.94. The Balaban J connectivity index is 1.78. The van der Waals surface area contributed by atoms with Crippen molar-refractivity contribution in [1.29, 1.82) is 0 Å². The molecule has 8 heteroatoms. The molecule has 1 aliphatic rings. The van der Waals surface area contributed by atoms with Gasteiger partial charge in [0.1, 0.15) is 6.04 Å². The fourth-order valence-corrected chi connectivity index (χ4v) is 2.01. The SMILES string of the molecule is O=C(NCC1CCOC1)N[C@@H](Cc1cnc[nH]1)C(=O)O. The average Bonchev–Trinajstić information content (AvgIpc) is 3.08. The van der Waals surface area contributed by atoms with Gasteiger partial charge >= 0.3 is 12.0 Å². The van der Waals surface area contributed by atoms with E-state index in [0.717, 1.165) is 6.42 Å². The molecule has 110 valence electrons. The van der Waals surface area contributed by atoms with Gasteiger partial charge < -0.3 is 25.5 Å². The van der Waals surface area contributed by atoms with Crippen LogP contribution in [0.4, 0.5) is 4.79 Å². The number of ether oxygens (including phenoxy) is 1. The van der Waals surface area contributed by atoms with E-state index in [0.29, 0.717) is 31.4 Å². The van der Waals surface area contributed by atoms with Crippen LogP contribution in [0.1, 0.15) is 12.1 Å². The third-order valence-electron chi connectivity index (χ3n) is 3.16. The van der Waals surface area contributed by atoms with Crippen molar-refractivity contribution in [3.05, 3.63) is 18.2 Å². The van der Waals surface area contributed by atoms with E-state index in [9.17, 15) is 9.59 Å². The van der Waals surface area contributed by atoms with Crippen LogP contribution in [0.3, 0.4) is 0 Å². The number of aromatic nitrogens is 2. The number of aliphatic carboxylic acids is 1. The van der Waals surface area contributed by atoms with E-state index in [1.807, 2.05) is 0 Å². The summed E-state index contributed by atoms with van der Waals surface area (Å²) in [5.41, 5.74) is 0.655. The third-order valence-corrected chi connectivity index (χ3v) is 3.16. The molecule has 2 amide bonds. The number of carboxylic acids is 1. The van der Waals surface area contributed by atoms with Crippen molar-refractivity contribution in [2.75, 3.05) is 19.8 Å². The van der Waals surface area contributed by atoms with Crippen LogP contribution in [0, 0.1) is 5.92 Å². The predicted octanol–water partition coefficient (Wildman–Crippen LogP) is -0.259. The lowest BCUT2D eigenvalue weighted by atomic mass is 10.1. The second kappa shape index (κ2) is 6.90. The molecule has 2 atom stereocenters. The molecule has 1 saturated heterocycles. The second-order valence-corrected chi connectivity index (χ2v) is 4.76. The van der Waals surface area contributed by atoms with Crippen LogP contribution in [0.5, 0.6) is 0 Å². The molecule has 0 bridgehead atoms. The summed E-state index contributed by atoms with van der Waals surface area (Å²) in [5, 5.41) is 14.2. The van der Waals surface area contributed by atoms with E-state index in [-0.39, 0.29) is 6.42 Å². The topological polar surface area (TPSA) is 116 Å². The Morgan fingerprint density at radius 3 is 3.05 bits per heavy atom. The molecule has 1 aliphatic heterocycles. The zero-order chi connectivity index (χ0) is 14.4. The highest BCUT2D eigenvalue weighted by Crippen LogP contribution is 2.10. The first-order valence-electron chi connectivity index (χ1n) is 6.47. The van der Waals surface area contributed by atoms with Gasteiger partial charge in [-0.05, 0) is 6.42 Å². The lowest BCUT2D eigenvalue weighted by Gasteiger charge is -2.15. The number of rotatable bonds is 6. The van der Waals surface area contributed by atoms with Gasteiger partial charge in [-0.1, -0.05) is 0 Å². The molecule has 1 fully saturated rings. The molecule has 0 aromatic carbocycles. The number of H-pyrrole nitrogens is 1. The maximum absolute atomic E-state index is 11.7. The normalized spacial score (nSPS) is 19.5. The van der Waals surface area contributed by atoms with Gasteiger partial charge in [-0.2, -0.15) is 0 Å². The number of urea groups is 1. The summed E-state index contributed by atoms with van der Waals surface area (Å²) in [6.45, 7) is 1.84. The largest absolute Gasteiger partial charge is 0.480 e. The molecule has 4 N–H and O–H groups in total. The summed E-state index contributed by atoms with van der Waals surface area (Å²) < 4.78 is 5.20. The Bertz CT molecular complexity index is 442. The molecule has 8 nitrogen and oxygen atoms in total. The van der Waals surface area contributed by atoms with Gasteiger partial charge in [-0.15, -0.1) is 0 Å². The third kappa shape index (κ3) is 4.23. The molecule has 0 radical (unpaired) electrons. The van der Waals surface area contributed by atoms with Gasteiger partial charge in [0.15, 0.2) is 0 Å². The quantitative estimate of drug-likeness (QED) is 0.573. The standard InChI is InChI=1S/C12H18N4O4/c17-11(18)10(3-9-5-13-7-15-9)16-12(19)14-4-8-1-2-20-6-8/h5,7-8,10H,1-4,6H2,(H,13,15)(H,17,18)(H2,14,16,19)/t8?,10-/m0/s1. The summed E-state index contributed by atoms with van der Waals surface area (Å²) in [6.07, 6.45) is 4.08. The number of nitrogens with one attached hydrogen (secondary N) is 3. The molecule has 2 heterocycles. The molecule has 0 saturated carbocycles. The van der Waals surface area contributed by atoms with E-state index in [4.69, 9.17) is 9.84 Å². The van der Waals surface area contributed by atoms with E-state index >= 15 is 0 Å². The van der Waals surface area contributed by atoms with Crippen molar-refractivity contribution in [2.45, 2.75) is 18.9 Å². The van der Waals surface area contributed by atoms with Crippen LogP contribution in [-0.2, 0) is 16.0 Å². The maximum atomic E-state index is 11.7. The number of carbonyl (C=O) groups is 2. The van der Waals surface area contributed by atoms with Gasteiger partial charge in [0.25, 0.3) is 0 Å². The molecule has 1 unspecified atom stereocenters. The predicted molar refractivity (Wildman–Crippen MR) is 69.2 cm³/mol. The highest BCUT2D eigenvalue weighted by Gasteiger charge is 2.22. The highest BCUT2D eigenvalue weighted by molar-refractivity contribution is 5.82. The average molecular weight is 282 g/mol. The summed E-state index contributed by atoms with van der Waals surface area (Å²) >= 11 is 0. The molecule has 1 aromatic rings. The first-order chi connectivity index (χ1) is 9.65. The van der Waals surface area contributed by atoms with Gasteiger partial charge in [-0.3, -0.25) is 0 Å². The monoisotopic (exact) mass is 282 g/mol. The molecule has 0 spiro atoms. The van der Waals surface area contributed by atoms with Gasteiger partial charge in [0, 0.05) is 37.4 Å². The number of imidazole rings is 1. The molecule has 20 heavy (non-hydrogen) atoms. The number of carboxylic acid groups (broad SMARTS) is 1. The fraction of sp³-hybridized carbons (Fsp3) is 0.583. The summed E-state index contributed by atoms with van der Waals surface area (Å²) in [7, 11) is 0. The van der Waals surface area contributed by atoms with E-state index in [1.54, 1.807) is 0 Å². The highest BCUT2D eigenvalue weighted by atomic mass is 16.5. The lowest BCUT2D eigenvalue weighted by Crippen LogP contribution is -2.48. The van der Waals surface area contributed by atoms with Crippen molar-refractivity contribution in [3.63, 3.8) is 0 Å². The van der Waals surface area contributed by atoms with Crippen LogP contribution in [0.2, 0.25) is 0 Å². The Hall–Kier alpha value is -2.09. The molecular formula is C12H18N4O4. The zero-order valence-corrected chi connectivity index (χ0v) is 11.0. The number of nitrogens with zero attached hydrogens (tertiary/aromatic N) is 1. The van der Waals surface area contributed by atoms with Gasteiger partial charge in [-0.25, -0.2) is 14.6 Å². The smallest absolute Gasteiger partial charge is 0.326 e. The van der Waals surface area contributed by atoms with Crippen LogP contribution in [0.15, 0.2) is 12.5 Å². The van der Waals surface area contributed by atoms with Crippen molar-refractivity contribution in [2.24, 2.45) is 5.92 Å². The minimum Gasteiger partial charge on any atom is -0.480 e. The minimum atomic E-state index is -1.08. The van der Waals surface area contributed by atoms with Crippen LogP contribution in [-0.4, -0.2) is 52.9 Å². The fourth-order valence-electron chi connectivity index (χ4n) is 2.01. The number of hydrogen-bond acceptors (Lipinski definition) is 4. The van der Waals surface area contributed by atoms with Crippen molar-refractivity contribution in [3.8, 4) is 0 Å². The van der Waals surface area contributed by atoms with Crippen LogP contribution in [0.25, 0.3) is 0 Å². The minimum absolute atomic E-state index is 0.162. The Morgan fingerprint density at radius 2 is 2.45 bits per heavy atom. The number of aromatic amines is 1. The second-order valence-electron chi connectivity index (χ2n) is 4.76. The molecule has 0 aliphatic carbocycles. The number of amides is 2. The first kappa shape index (κ1) is 14.3. The number of hydrogen-bond donors (Lipinski definition) is 4. The lowest BCUT2D eigenvalue weighted by molar-refractivity contribution is -0.139. The van der Waals surface area contributed by atoms with E-state index in [1.165, 1.54) is 12.5 Å². The molecule has 2 rings (SSSR count). The maximum Gasteiger partial charge on any atom is 0.326 e. The van der Waals surface area contributed by atoms with E-state index < -0.39 is 18.0 Å². The number of carbonyl (C=O) groups excluding carboxylic acids is 1. The Morgan fingerprint density at radius 1 is 1.60 bits per heavy atom. The summed E-state index contributed by atoms with van der Waals surface area (Å²) in [6, 6.07) is -1.47. The van der Waals surface area contributed by atoms with Crippen molar-refractivity contribution in [1.82, 2.24) is 20.6 Å². The van der Waals surface area contributed by atoms with Crippen LogP contribution < -0.4 is 10.6 Å². The summed E-state index contributed by atoms with van der Waals surface area (Å²) in [5.74, 6) is -0.782. The van der Waals surface area contributed by atoms with Gasteiger partial charge in [0.05, 0.1) is 12.9 Å². The van der Waals surface area contributed by atoms with Crippen LogP contribution >= 0.6 is 0 Å². The molecule has 1 aromatic heterocycles. The Labute approximate surface area is 115 Å². The molecular weight excluding hydrogens is 264 g/mol. The first-order valence-corrected chi connectivity index (χ1v) is 6.47. The van der Waals surface area contributed by atoms with Crippen molar-refractivity contribution >= 4 is 12.0 Å². The van der Waals surface area contributed by atoms with Gasteiger partial charge in [0.2, 0.25) is 0 Å². The van der Waals surface area contributed by atoms with Crippen molar-refractivity contribution < 1.29 is 19.4 Å².